The maximum absolute atomic E-state index is 12.6. The molecule has 5 nitrogen and oxygen atoms in total. The standard InChI is InChI=1S/C19H31N3O2S/c1-19(2,3)15-6-4-14(5-7-15)17(23)21-18-20-16(13-25-18)12-22-8-10-24-11-9-22/h13-15H,4-12H2,1-3H3,(H,20,21,23). The number of rotatable bonds is 4. The molecule has 1 saturated carbocycles. The molecule has 1 N–H and O–H groups in total. The van der Waals surface area contributed by atoms with Crippen LogP contribution in [0.2, 0.25) is 0 Å². The van der Waals surface area contributed by atoms with E-state index in [1.807, 2.05) is 0 Å². The molecule has 3 rings (SSSR count). The lowest BCUT2D eigenvalue weighted by Crippen LogP contribution is -2.35. The maximum atomic E-state index is 12.6. The Kier molecular flexibility index (Phi) is 6.12. The second kappa shape index (κ2) is 8.14. The number of hydrogen-bond acceptors (Lipinski definition) is 5. The minimum Gasteiger partial charge on any atom is -0.379 e. The van der Waals surface area contributed by atoms with Gasteiger partial charge >= 0.3 is 0 Å². The van der Waals surface area contributed by atoms with Gasteiger partial charge in [-0.1, -0.05) is 20.8 Å². The highest BCUT2D eigenvalue weighted by molar-refractivity contribution is 7.13. The summed E-state index contributed by atoms with van der Waals surface area (Å²) in [4.78, 5) is 19.5. The van der Waals surface area contributed by atoms with Crippen LogP contribution in [0.5, 0.6) is 0 Å². The van der Waals surface area contributed by atoms with Crippen molar-refractivity contribution in [2.75, 3.05) is 31.6 Å². The number of thiazole rings is 1. The van der Waals surface area contributed by atoms with Crippen LogP contribution >= 0.6 is 11.3 Å². The summed E-state index contributed by atoms with van der Waals surface area (Å²) in [5.41, 5.74) is 1.39. The predicted molar refractivity (Wildman–Crippen MR) is 102 cm³/mol. The van der Waals surface area contributed by atoms with E-state index in [1.54, 1.807) is 0 Å². The van der Waals surface area contributed by atoms with Crippen molar-refractivity contribution in [1.29, 1.82) is 0 Å². The van der Waals surface area contributed by atoms with E-state index in [9.17, 15) is 4.79 Å². The van der Waals surface area contributed by atoms with Crippen LogP contribution < -0.4 is 5.32 Å². The smallest absolute Gasteiger partial charge is 0.229 e. The summed E-state index contributed by atoms with van der Waals surface area (Å²) < 4.78 is 5.37. The molecule has 0 atom stereocenters. The lowest BCUT2D eigenvalue weighted by molar-refractivity contribution is -0.121. The largest absolute Gasteiger partial charge is 0.379 e. The highest BCUT2D eigenvalue weighted by Crippen LogP contribution is 2.40. The van der Waals surface area contributed by atoms with Gasteiger partial charge in [0.15, 0.2) is 5.13 Å². The number of nitrogens with one attached hydrogen (secondary N) is 1. The van der Waals surface area contributed by atoms with Crippen molar-refractivity contribution < 1.29 is 9.53 Å². The van der Waals surface area contributed by atoms with Gasteiger partial charge in [0, 0.05) is 30.9 Å². The zero-order chi connectivity index (χ0) is 17.9. The van der Waals surface area contributed by atoms with Gasteiger partial charge in [-0.05, 0) is 37.0 Å². The number of nitrogens with zero attached hydrogens (tertiary/aromatic N) is 2. The number of carbonyl (C=O) groups excluding carboxylic acids is 1. The van der Waals surface area contributed by atoms with Crippen LogP contribution in [0.25, 0.3) is 0 Å². The van der Waals surface area contributed by atoms with Crippen molar-refractivity contribution in [2.45, 2.75) is 53.0 Å². The number of aromatic nitrogens is 1. The molecule has 2 heterocycles. The molecule has 2 aliphatic rings. The number of anilines is 1. The minimum absolute atomic E-state index is 0.144. The van der Waals surface area contributed by atoms with Crippen molar-refractivity contribution in [1.82, 2.24) is 9.88 Å². The molecule has 25 heavy (non-hydrogen) atoms. The molecule has 1 aromatic rings. The number of hydrogen-bond donors (Lipinski definition) is 1. The van der Waals surface area contributed by atoms with Crippen LogP contribution in [0.3, 0.4) is 0 Å². The van der Waals surface area contributed by atoms with Gasteiger partial charge in [-0.3, -0.25) is 9.69 Å². The van der Waals surface area contributed by atoms with Gasteiger partial charge in [0.05, 0.1) is 18.9 Å². The van der Waals surface area contributed by atoms with E-state index in [0.717, 1.165) is 75.3 Å². The first-order chi connectivity index (χ1) is 11.9. The van der Waals surface area contributed by atoms with Gasteiger partial charge in [-0.15, -0.1) is 11.3 Å². The van der Waals surface area contributed by atoms with Gasteiger partial charge in [0.2, 0.25) is 5.91 Å². The summed E-state index contributed by atoms with van der Waals surface area (Å²) in [5.74, 6) is 1.03. The fourth-order valence-electron chi connectivity index (χ4n) is 3.85. The highest BCUT2D eigenvalue weighted by Gasteiger charge is 2.32. The second-order valence-corrected chi connectivity index (χ2v) is 9.29. The average Bonchev–Trinajstić information content (AvgIpc) is 3.02. The quantitative estimate of drug-likeness (QED) is 0.882. The first kappa shape index (κ1) is 18.8. The van der Waals surface area contributed by atoms with E-state index in [-0.39, 0.29) is 11.8 Å². The van der Waals surface area contributed by atoms with Crippen LogP contribution in [0.4, 0.5) is 5.13 Å². The third kappa shape index (κ3) is 5.25. The Balaban J connectivity index is 1.47. The fourth-order valence-corrected chi connectivity index (χ4v) is 4.56. The van der Waals surface area contributed by atoms with E-state index < -0.39 is 0 Å². The Labute approximate surface area is 155 Å². The summed E-state index contributed by atoms with van der Waals surface area (Å²) in [6.45, 7) is 11.3. The number of carbonyl (C=O) groups is 1. The van der Waals surface area contributed by atoms with Crippen LogP contribution in [0, 0.1) is 17.3 Å². The summed E-state index contributed by atoms with van der Waals surface area (Å²) in [5, 5.41) is 5.85. The minimum atomic E-state index is 0.144. The Morgan fingerprint density at radius 3 is 2.60 bits per heavy atom. The van der Waals surface area contributed by atoms with Crippen molar-refractivity contribution in [3.05, 3.63) is 11.1 Å². The van der Waals surface area contributed by atoms with Gasteiger partial charge in [-0.25, -0.2) is 4.98 Å². The van der Waals surface area contributed by atoms with E-state index in [0.29, 0.717) is 5.41 Å². The summed E-state index contributed by atoms with van der Waals surface area (Å²) >= 11 is 1.53. The van der Waals surface area contributed by atoms with Gasteiger partial charge < -0.3 is 10.1 Å². The highest BCUT2D eigenvalue weighted by atomic mass is 32.1. The molecule has 1 saturated heterocycles. The van der Waals surface area contributed by atoms with Crippen LogP contribution in [-0.2, 0) is 16.1 Å². The van der Waals surface area contributed by atoms with Crippen molar-refractivity contribution in [2.24, 2.45) is 17.3 Å². The molecule has 0 radical (unpaired) electrons. The Hall–Kier alpha value is -0.980. The molecular formula is C19H31N3O2S. The van der Waals surface area contributed by atoms with Crippen molar-refractivity contribution in [3.63, 3.8) is 0 Å². The predicted octanol–water partition coefficient (Wildman–Crippen LogP) is 3.77. The molecule has 1 amide bonds. The first-order valence-electron chi connectivity index (χ1n) is 9.47. The summed E-state index contributed by atoms with van der Waals surface area (Å²) in [6.07, 6.45) is 4.31. The number of amides is 1. The van der Waals surface area contributed by atoms with E-state index in [1.165, 1.54) is 11.3 Å². The third-order valence-electron chi connectivity index (χ3n) is 5.59. The number of morpholine rings is 1. The van der Waals surface area contributed by atoms with E-state index in [2.05, 4.69) is 41.4 Å². The summed E-state index contributed by atoms with van der Waals surface area (Å²) in [7, 11) is 0. The van der Waals surface area contributed by atoms with Crippen LogP contribution in [0.15, 0.2) is 5.38 Å². The Morgan fingerprint density at radius 1 is 1.28 bits per heavy atom. The first-order valence-corrected chi connectivity index (χ1v) is 10.3. The van der Waals surface area contributed by atoms with Crippen molar-refractivity contribution in [3.8, 4) is 0 Å². The lowest BCUT2D eigenvalue weighted by atomic mass is 9.70. The van der Waals surface area contributed by atoms with Gasteiger partial charge in [0.25, 0.3) is 0 Å². The van der Waals surface area contributed by atoms with Gasteiger partial charge in [-0.2, -0.15) is 0 Å². The topological polar surface area (TPSA) is 54.5 Å². The zero-order valence-corrected chi connectivity index (χ0v) is 16.5. The molecular weight excluding hydrogens is 334 g/mol. The van der Waals surface area contributed by atoms with E-state index >= 15 is 0 Å². The Bertz CT molecular complexity index is 567. The molecule has 6 heteroatoms. The average molecular weight is 366 g/mol. The second-order valence-electron chi connectivity index (χ2n) is 8.44. The van der Waals surface area contributed by atoms with Crippen molar-refractivity contribution >= 4 is 22.4 Å². The maximum Gasteiger partial charge on any atom is 0.229 e. The molecule has 1 aromatic heterocycles. The molecule has 140 valence electrons. The molecule has 1 aliphatic heterocycles. The lowest BCUT2D eigenvalue weighted by Gasteiger charge is -2.36. The molecule has 0 unspecified atom stereocenters. The molecule has 0 bridgehead atoms. The summed E-state index contributed by atoms with van der Waals surface area (Å²) in [6, 6.07) is 0. The molecule has 0 spiro atoms. The normalized spacial score (nSPS) is 25.7. The molecule has 1 aliphatic carbocycles. The fraction of sp³-hybridized carbons (Fsp3) is 0.789. The monoisotopic (exact) mass is 365 g/mol. The third-order valence-corrected chi connectivity index (χ3v) is 6.40. The molecule has 0 aromatic carbocycles. The number of ether oxygens (including phenoxy) is 1. The van der Waals surface area contributed by atoms with E-state index in [4.69, 9.17) is 4.74 Å². The SMILES string of the molecule is CC(C)(C)C1CCC(C(=O)Nc2nc(CN3CCOCC3)cs2)CC1. The van der Waals surface area contributed by atoms with Gasteiger partial charge in [0.1, 0.15) is 0 Å². The zero-order valence-electron chi connectivity index (χ0n) is 15.7. The van der Waals surface area contributed by atoms with Crippen LogP contribution in [0.1, 0.15) is 52.1 Å². The van der Waals surface area contributed by atoms with Crippen LogP contribution in [-0.4, -0.2) is 42.1 Å². The Morgan fingerprint density at radius 2 is 1.96 bits per heavy atom. The molecule has 2 fully saturated rings.